The summed E-state index contributed by atoms with van der Waals surface area (Å²) in [5, 5.41) is 11.8. The molecule has 2 heterocycles. The van der Waals surface area contributed by atoms with E-state index in [0.29, 0.717) is 34.5 Å². The molecule has 2 fully saturated rings. The van der Waals surface area contributed by atoms with E-state index in [9.17, 15) is 8.78 Å². The van der Waals surface area contributed by atoms with Gasteiger partial charge in [0.15, 0.2) is 0 Å². The number of alkyl halides is 2. The number of halogens is 2. The number of nitrogens with one attached hydrogen (secondary N) is 1. The van der Waals surface area contributed by atoms with E-state index in [1.54, 1.807) is 25.1 Å². The van der Waals surface area contributed by atoms with Crippen molar-refractivity contribution in [2.75, 3.05) is 25.5 Å². The fraction of sp³-hybridized carbons (Fsp3) is 0.500. The first-order valence-corrected chi connectivity index (χ1v) is 10.5. The van der Waals surface area contributed by atoms with Gasteiger partial charge in [-0.2, -0.15) is 0 Å². The lowest BCUT2D eigenvalue weighted by molar-refractivity contribution is 0.152. The average molecular weight is 415 g/mol. The molecule has 1 aromatic carbocycles. The van der Waals surface area contributed by atoms with E-state index in [2.05, 4.69) is 32.4 Å². The van der Waals surface area contributed by atoms with Crippen molar-refractivity contribution in [3.05, 3.63) is 40.7 Å². The van der Waals surface area contributed by atoms with Crippen molar-refractivity contribution >= 4 is 12.0 Å². The van der Waals surface area contributed by atoms with Crippen molar-refractivity contribution < 1.29 is 8.78 Å². The van der Waals surface area contributed by atoms with E-state index < -0.39 is 6.43 Å². The molecule has 2 aromatic rings. The highest BCUT2D eigenvalue weighted by Crippen LogP contribution is 2.43. The highest BCUT2D eigenvalue weighted by Gasteiger charge is 2.27. The summed E-state index contributed by atoms with van der Waals surface area (Å²) in [5.41, 5.74) is 8.46. The van der Waals surface area contributed by atoms with Gasteiger partial charge in [-0.15, -0.1) is 10.2 Å². The molecule has 1 atom stereocenters. The lowest BCUT2D eigenvalue weighted by atomic mass is 9.98. The molecule has 0 amide bonds. The Morgan fingerprint density at radius 2 is 2.07 bits per heavy atom. The summed E-state index contributed by atoms with van der Waals surface area (Å²) in [6.07, 6.45) is 3.29. The van der Waals surface area contributed by atoms with Gasteiger partial charge in [0.05, 0.1) is 5.69 Å². The minimum Gasteiger partial charge on any atom is -0.402 e. The van der Waals surface area contributed by atoms with Crippen LogP contribution in [0.2, 0.25) is 0 Å². The predicted octanol–water partition coefficient (Wildman–Crippen LogP) is 4.18. The zero-order valence-corrected chi connectivity index (χ0v) is 17.4. The summed E-state index contributed by atoms with van der Waals surface area (Å²) in [6.45, 7) is 3.70. The SMILES string of the molecule is CC(N)=Cc1nc(NC2CCCN(C)C2)nnc1-c1ccc(C2CC2)cc1C(F)F. The topological polar surface area (TPSA) is 80.0 Å². The Hall–Kier alpha value is -2.61. The quantitative estimate of drug-likeness (QED) is 0.738. The molecule has 160 valence electrons. The fourth-order valence-corrected chi connectivity index (χ4v) is 4.02. The summed E-state index contributed by atoms with van der Waals surface area (Å²) in [6, 6.07) is 5.45. The van der Waals surface area contributed by atoms with Crippen LogP contribution in [0.25, 0.3) is 17.3 Å². The summed E-state index contributed by atoms with van der Waals surface area (Å²) in [7, 11) is 2.08. The Balaban J connectivity index is 1.70. The maximum absolute atomic E-state index is 13.9. The first kappa shape index (κ1) is 20.7. The lowest BCUT2D eigenvalue weighted by Gasteiger charge is -2.30. The molecule has 30 heavy (non-hydrogen) atoms. The molecule has 2 aliphatic rings. The van der Waals surface area contributed by atoms with Crippen LogP contribution >= 0.6 is 0 Å². The summed E-state index contributed by atoms with van der Waals surface area (Å²) in [4.78, 5) is 6.83. The molecule has 1 aliphatic carbocycles. The molecule has 3 N–H and O–H groups in total. The number of likely N-dealkylation sites (tertiary alicyclic amines) is 1. The van der Waals surface area contributed by atoms with E-state index >= 15 is 0 Å². The third-order valence-electron chi connectivity index (χ3n) is 5.65. The number of piperidine rings is 1. The van der Waals surface area contributed by atoms with Crippen LogP contribution in [-0.2, 0) is 0 Å². The molecule has 4 rings (SSSR count). The van der Waals surface area contributed by atoms with Crippen LogP contribution < -0.4 is 11.1 Å². The molecule has 1 aliphatic heterocycles. The van der Waals surface area contributed by atoms with Crippen molar-refractivity contribution in [1.82, 2.24) is 20.1 Å². The van der Waals surface area contributed by atoms with Gasteiger partial charge >= 0.3 is 0 Å². The Kier molecular flexibility index (Phi) is 5.94. The fourth-order valence-electron chi connectivity index (χ4n) is 4.02. The minimum atomic E-state index is -2.60. The maximum Gasteiger partial charge on any atom is 0.264 e. The lowest BCUT2D eigenvalue weighted by Crippen LogP contribution is -2.40. The number of allylic oxidation sites excluding steroid dienone is 1. The number of nitrogens with two attached hydrogens (primary N) is 1. The normalized spacial score (nSPS) is 20.6. The third kappa shape index (κ3) is 4.75. The average Bonchev–Trinajstić information content (AvgIpc) is 3.53. The predicted molar refractivity (Wildman–Crippen MR) is 114 cm³/mol. The van der Waals surface area contributed by atoms with Crippen molar-refractivity contribution in [3.63, 3.8) is 0 Å². The van der Waals surface area contributed by atoms with Gasteiger partial charge in [0.25, 0.3) is 6.43 Å². The molecule has 1 aromatic heterocycles. The van der Waals surface area contributed by atoms with Crippen molar-refractivity contribution in [3.8, 4) is 11.3 Å². The maximum atomic E-state index is 13.9. The molecule has 1 unspecified atom stereocenters. The van der Waals surface area contributed by atoms with Gasteiger partial charge in [0, 0.05) is 29.4 Å². The first-order valence-electron chi connectivity index (χ1n) is 10.5. The molecule has 0 radical (unpaired) electrons. The molecular formula is C22H28F2N6. The number of hydrogen-bond donors (Lipinski definition) is 2. The van der Waals surface area contributed by atoms with E-state index in [1.165, 1.54) is 0 Å². The van der Waals surface area contributed by atoms with Crippen LogP contribution in [-0.4, -0.2) is 46.3 Å². The molecule has 8 heteroatoms. The molecular weight excluding hydrogens is 386 g/mol. The second-order valence-electron chi connectivity index (χ2n) is 8.43. The van der Waals surface area contributed by atoms with E-state index in [-0.39, 0.29) is 11.6 Å². The third-order valence-corrected chi connectivity index (χ3v) is 5.65. The summed E-state index contributed by atoms with van der Waals surface area (Å²) in [5.74, 6) is 0.784. The van der Waals surface area contributed by atoms with Gasteiger partial charge in [-0.25, -0.2) is 13.8 Å². The van der Waals surface area contributed by atoms with E-state index in [0.717, 1.165) is 44.3 Å². The van der Waals surface area contributed by atoms with Crippen LogP contribution in [0, 0.1) is 0 Å². The van der Waals surface area contributed by atoms with Crippen LogP contribution in [0.1, 0.15) is 61.8 Å². The van der Waals surface area contributed by atoms with Crippen LogP contribution in [0.3, 0.4) is 0 Å². The summed E-state index contributed by atoms with van der Waals surface area (Å²) < 4.78 is 27.7. The highest BCUT2D eigenvalue weighted by atomic mass is 19.3. The van der Waals surface area contributed by atoms with Crippen LogP contribution in [0.5, 0.6) is 0 Å². The van der Waals surface area contributed by atoms with Gasteiger partial charge < -0.3 is 16.0 Å². The Labute approximate surface area is 175 Å². The Morgan fingerprint density at radius 3 is 2.73 bits per heavy atom. The number of rotatable bonds is 6. The van der Waals surface area contributed by atoms with Gasteiger partial charge in [-0.1, -0.05) is 12.1 Å². The molecule has 6 nitrogen and oxygen atoms in total. The zero-order valence-electron chi connectivity index (χ0n) is 17.4. The molecule has 1 saturated heterocycles. The van der Waals surface area contributed by atoms with Crippen molar-refractivity contribution in [1.29, 1.82) is 0 Å². The van der Waals surface area contributed by atoms with Crippen LogP contribution in [0.15, 0.2) is 23.9 Å². The van der Waals surface area contributed by atoms with Crippen molar-refractivity contribution in [2.45, 2.75) is 51.0 Å². The summed E-state index contributed by atoms with van der Waals surface area (Å²) >= 11 is 0. The molecule has 0 spiro atoms. The Bertz CT molecular complexity index is 937. The van der Waals surface area contributed by atoms with Crippen molar-refractivity contribution in [2.24, 2.45) is 5.73 Å². The van der Waals surface area contributed by atoms with Gasteiger partial charge in [0.2, 0.25) is 5.95 Å². The van der Waals surface area contributed by atoms with Crippen LogP contribution in [0.4, 0.5) is 14.7 Å². The second-order valence-corrected chi connectivity index (χ2v) is 8.43. The second kappa shape index (κ2) is 8.63. The Morgan fingerprint density at radius 1 is 1.27 bits per heavy atom. The number of hydrogen-bond acceptors (Lipinski definition) is 6. The largest absolute Gasteiger partial charge is 0.402 e. The zero-order chi connectivity index (χ0) is 21.3. The number of aromatic nitrogens is 3. The number of nitrogens with zero attached hydrogens (tertiary/aromatic N) is 4. The first-order chi connectivity index (χ1) is 14.4. The standard InChI is InChI=1S/C22H28F2N6/c1-13(25)10-19-20(17-8-7-15(14-5-6-14)11-18(17)21(23)24)28-29-22(27-19)26-16-4-3-9-30(2)12-16/h7-8,10-11,14,16,21H,3-6,9,12,25H2,1-2H3,(H,26,27,29). The van der Waals surface area contributed by atoms with Gasteiger partial charge in [-0.05, 0) is 69.8 Å². The smallest absolute Gasteiger partial charge is 0.264 e. The number of anilines is 1. The number of benzene rings is 1. The van der Waals surface area contributed by atoms with Gasteiger partial charge in [-0.3, -0.25) is 0 Å². The molecule has 0 bridgehead atoms. The minimum absolute atomic E-state index is 0.0329. The monoisotopic (exact) mass is 414 g/mol. The number of likely N-dealkylation sites (N-methyl/N-ethyl adjacent to an activating group) is 1. The van der Waals surface area contributed by atoms with Gasteiger partial charge in [0.1, 0.15) is 5.69 Å². The van der Waals surface area contributed by atoms with E-state index in [4.69, 9.17) is 5.73 Å². The molecule has 1 saturated carbocycles. The van der Waals surface area contributed by atoms with E-state index in [1.807, 2.05) is 6.07 Å². The highest BCUT2D eigenvalue weighted by molar-refractivity contribution is 5.73.